The van der Waals surface area contributed by atoms with Gasteiger partial charge in [0, 0.05) is 96.8 Å². The minimum Gasteiger partial charge on any atom is -0.508 e. The molecule has 0 spiro atoms. The van der Waals surface area contributed by atoms with Gasteiger partial charge in [0.25, 0.3) is 17.0 Å². The van der Waals surface area contributed by atoms with Gasteiger partial charge >= 0.3 is 46.3 Å². The Bertz CT molecular complexity index is 4880. The molecule has 5 aromatic rings. The number of hydrogen-bond acceptors (Lipinski definition) is 28. The van der Waals surface area contributed by atoms with Crippen molar-refractivity contribution in [1.29, 1.82) is 0 Å². The van der Waals surface area contributed by atoms with E-state index < -0.39 is 170 Å². The zero-order chi connectivity index (χ0) is 76.2. The number of carboxylic acids is 1. The normalized spacial score (nSPS) is 22.0. The fourth-order valence-electron chi connectivity index (χ4n) is 11.8. The van der Waals surface area contributed by atoms with E-state index in [1.165, 1.54) is 73.9 Å². The predicted octanol–water partition coefficient (Wildman–Crippen LogP) is 2.09. The molecule has 10 rings (SSSR count). The molecule has 3 saturated heterocycles. The van der Waals surface area contributed by atoms with Crippen LogP contribution >= 0.6 is 23.2 Å². The minimum atomic E-state index is -5.14. The van der Waals surface area contributed by atoms with E-state index >= 15 is 0 Å². The summed E-state index contributed by atoms with van der Waals surface area (Å²) in [6.45, 7) is -2.35. The Balaban J connectivity index is 0.693. The molecule has 13 N–H and O–H groups in total. The quantitative estimate of drug-likeness (QED) is 0.0116. The van der Waals surface area contributed by atoms with E-state index in [2.05, 4.69) is 25.6 Å². The Kier molecular flexibility index (Phi) is 26.6. The average molecular weight is 1540 g/mol. The van der Waals surface area contributed by atoms with Gasteiger partial charge in [0.15, 0.2) is 5.43 Å². The summed E-state index contributed by atoms with van der Waals surface area (Å²) in [7, 11) is -14.8. The number of hydrogen-bond donors (Lipinski definition) is 12. The molecule has 2 amide bonds. The van der Waals surface area contributed by atoms with Crippen molar-refractivity contribution in [2.45, 2.75) is 107 Å². The smallest absolute Gasteiger partial charge is 0.472 e. The van der Waals surface area contributed by atoms with Crippen molar-refractivity contribution in [3.63, 3.8) is 0 Å². The van der Waals surface area contributed by atoms with Crippen LogP contribution in [-0.2, 0) is 64.8 Å². The number of nitrogen functional groups attached to an aromatic ring is 1. The summed E-state index contributed by atoms with van der Waals surface area (Å²) in [6.07, 6.45) is -3.64. The third-order valence-corrected chi connectivity index (χ3v) is 21.0. The Hall–Kier alpha value is -8.79. The number of aliphatic hydroxyl groups is 2. The number of carboxylic acid groups (broad SMARTS) is 1. The third-order valence-electron chi connectivity index (χ3n) is 17.1. The average Bonchev–Trinajstić information content (AvgIpc) is 0.992. The van der Waals surface area contributed by atoms with E-state index in [1.807, 2.05) is 0 Å². The van der Waals surface area contributed by atoms with E-state index in [0.717, 1.165) is 32.1 Å². The van der Waals surface area contributed by atoms with Crippen LogP contribution in [0.4, 0.5) is 5.82 Å². The molecule has 3 aromatic heterocycles. The van der Waals surface area contributed by atoms with E-state index in [1.54, 1.807) is 6.07 Å². The van der Waals surface area contributed by atoms with Gasteiger partial charge < -0.3 is 84.1 Å². The Morgan fingerprint density at radius 2 is 1.34 bits per heavy atom. The summed E-state index contributed by atoms with van der Waals surface area (Å²) in [5, 5.41) is 46.9. The lowest BCUT2D eigenvalue weighted by Crippen LogP contribution is -2.34. The van der Waals surface area contributed by atoms with Gasteiger partial charge in [-0.3, -0.25) is 70.3 Å². The maximum atomic E-state index is 14.0. The SMILES string of the molecule is Cc1cn([C@H]2C[C@@H](P(=O)(O)OC[C@H]3O[C@@H](n4cc(/C=C/C(=O)NCCCCCCNC(=O)c5ccc(C(=O)O)c(-c6c7ccc(=O)cc-7oc7cc(O)ccc67)c5)c(=O)[nH]c4=O)C[C@H]3OP(=O)(O)OCCOCCOCCOP(=O)(O)OC[C@H]3O[C@@H](n4ccc(N)nc4=O)C[C@H]3O)[C@@H](CO)O2)c(=O)[nH]c1=O. The first-order valence-electron chi connectivity index (χ1n) is 33.0. The van der Waals surface area contributed by atoms with E-state index in [9.17, 15) is 92.0 Å². The summed E-state index contributed by atoms with van der Waals surface area (Å²) in [5.74, 6) is -2.42. The van der Waals surface area contributed by atoms with E-state index in [-0.39, 0.29) is 102 Å². The number of phosphoric acid groups is 2. The van der Waals surface area contributed by atoms with Gasteiger partial charge in [-0.1, -0.05) is 12.8 Å². The number of amides is 2. The number of nitrogens with zero attached hydrogens (tertiary/aromatic N) is 4. The number of phosphoric ester groups is 2. The largest absolute Gasteiger partial charge is 0.508 e. The number of nitrogens with one attached hydrogen (secondary N) is 4. The number of phenolic OH excluding ortho intramolecular Hbond substituents is 1. The number of rotatable bonds is 36. The number of aliphatic hydroxyl groups excluding tert-OH is 2. The number of unbranched alkanes of at least 4 members (excludes halogenated alkanes) is 3. The van der Waals surface area contributed by atoms with Gasteiger partial charge in [-0.2, -0.15) is 4.98 Å². The van der Waals surface area contributed by atoms with Crippen LogP contribution in [0.2, 0.25) is 0 Å². The molecule has 12 atom stereocenters. The molecular weight excluding hydrogens is 1470 g/mol. The van der Waals surface area contributed by atoms with Gasteiger partial charge in [0.2, 0.25) is 5.91 Å². The molecule has 3 fully saturated rings. The van der Waals surface area contributed by atoms with Crippen LogP contribution in [0.25, 0.3) is 39.5 Å². The molecule has 39 nitrogen and oxygen atoms in total. The number of aromatic hydroxyl groups is 1. The van der Waals surface area contributed by atoms with Crippen LogP contribution in [0.5, 0.6) is 5.75 Å². The summed E-state index contributed by atoms with van der Waals surface area (Å²) >= 11 is 0. The van der Waals surface area contributed by atoms with Crippen molar-refractivity contribution in [2.24, 2.45) is 0 Å². The van der Waals surface area contributed by atoms with Gasteiger partial charge in [-0.25, -0.2) is 28.3 Å². The number of aromatic carboxylic acids is 1. The molecular formula is C64H76N9O30P3. The highest BCUT2D eigenvalue weighted by Gasteiger charge is 2.50. The number of aryl methyl sites for hydroxylation is 1. The lowest BCUT2D eigenvalue weighted by Gasteiger charge is -2.25. The van der Waals surface area contributed by atoms with Crippen LogP contribution in [-0.4, -0.2) is 190 Å². The second kappa shape index (κ2) is 35.3. The van der Waals surface area contributed by atoms with Gasteiger partial charge in [-0.05, 0) is 79.9 Å². The van der Waals surface area contributed by atoms with Crippen molar-refractivity contribution >= 4 is 63.9 Å². The van der Waals surface area contributed by atoms with Crippen molar-refractivity contribution in [1.82, 2.24) is 39.3 Å². The number of H-pyrrole nitrogens is 2. The molecule has 0 bridgehead atoms. The highest BCUT2D eigenvalue weighted by atomic mass is 31.2. The fourth-order valence-corrected chi connectivity index (χ4v) is 15.1. The molecule has 1 aliphatic carbocycles. The molecule has 0 radical (unpaired) electrons. The van der Waals surface area contributed by atoms with Gasteiger partial charge in [-0.15, -0.1) is 0 Å². The molecule has 4 aliphatic heterocycles. The number of aromatic nitrogens is 6. The maximum absolute atomic E-state index is 14.0. The number of aromatic amines is 2. The monoisotopic (exact) mass is 1540 g/mol. The Labute approximate surface area is 598 Å². The first kappa shape index (κ1) is 79.8. The number of nitrogens with two attached hydrogens (primary N) is 1. The zero-order valence-electron chi connectivity index (χ0n) is 56.3. The molecule has 572 valence electrons. The lowest BCUT2D eigenvalue weighted by molar-refractivity contribution is -0.116. The molecule has 106 heavy (non-hydrogen) atoms. The van der Waals surface area contributed by atoms with E-state index in [4.69, 9.17) is 56.5 Å². The second-order valence-electron chi connectivity index (χ2n) is 24.5. The fraction of sp³-hybridized carbons (Fsp3) is 0.438. The predicted molar refractivity (Wildman–Crippen MR) is 369 cm³/mol. The third kappa shape index (κ3) is 20.5. The molecule has 7 heterocycles. The zero-order valence-corrected chi connectivity index (χ0v) is 59.0. The first-order valence-corrected chi connectivity index (χ1v) is 37.6. The maximum Gasteiger partial charge on any atom is 0.472 e. The van der Waals surface area contributed by atoms with Crippen molar-refractivity contribution in [3.05, 3.63) is 170 Å². The van der Waals surface area contributed by atoms with Crippen LogP contribution in [0.15, 0.2) is 119 Å². The second-order valence-corrected chi connectivity index (χ2v) is 29.4. The van der Waals surface area contributed by atoms with Crippen molar-refractivity contribution in [3.8, 4) is 28.2 Å². The Morgan fingerprint density at radius 3 is 2.05 bits per heavy atom. The molecule has 3 unspecified atom stereocenters. The van der Waals surface area contributed by atoms with Crippen LogP contribution in [0.3, 0.4) is 0 Å². The van der Waals surface area contributed by atoms with Crippen LogP contribution in [0.1, 0.15) is 95.5 Å². The summed E-state index contributed by atoms with van der Waals surface area (Å²) in [5.41, 5.74) is 0.289. The summed E-state index contributed by atoms with van der Waals surface area (Å²) in [6, 6.07) is 13.8. The lowest BCUT2D eigenvalue weighted by atomic mass is 9.89. The Morgan fingerprint density at radius 1 is 0.698 bits per heavy atom. The van der Waals surface area contributed by atoms with Gasteiger partial charge in [0.05, 0.1) is 88.5 Å². The molecule has 0 saturated carbocycles. The minimum absolute atomic E-state index is 0.0214. The van der Waals surface area contributed by atoms with E-state index in [0.29, 0.717) is 42.2 Å². The summed E-state index contributed by atoms with van der Waals surface area (Å²) < 4.78 is 103. The molecule has 2 aromatic carbocycles. The number of fused-ring (bicyclic) bond motifs is 2. The first-order chi connectivity index (χ1) is 50.5. The number of phenols is 1. The highest BCUT2D eigenvalue weighted by Crippen LogP contribution is 2.57. The number of ether oxygens (including phenoxy) is 5. The van der Waals surface area contributed by atoms with Crippen LogP contribution < -0.4 is 50.0 Å². The number of carbonyl (C=O) groups excluding carboxylic acids is 2. The van der Waals surface area contributed by atoms with Crippen LogP contribution in [0, 0.1) is 6.92 Å². The standard InChI is InChI=1S/C64H76N9O30P3/c1-35-30-72(63(85)69-58(35)79)56-29-51(48(32-74)100-56)104(87,88)97-34-50-47(103-106(91,92)96-23-21-94-19-18-93-20-22-95-105(89,90)98-33-49-44(77)27-54(101-49)71-17-14-52(65)68-62(71)84)28-55(102-50)73-31-37(60(81)70-64(73)86)7-13-53(78)66-15-4-2-3-5-16-67-59(80)36-6-10-40(61(82)83)43(24-36)57-41-11-8-38(75)25-45(41)99-46-26-39(76)9-12-42(46)57/h6-14,17,24-26,30-31,44,47-51,54-56,74-75,77H,2-5,15-16,18-23,27-29,32-34H2,1H3,(H,66,78)(H,67,80)(H,82,83)(H,87,88)(H,89,90)(H,91,92)(H2,65,68,84)(H,69,79,85)(H,70,81,86)/b13-7+/t44-,47-,48-,49-,50-,51-,54-,55-,56-/m1/s1. The molecule has 42 heteroatoms. The van der Waals surface area contributed by atoms with Crippen molar-refractivity contribution in [2.75, 3.05) is 78.3 Å². The number of carbonyl (C=O) groups is 3. The van der Waals surface area contributed by atoms with Gasteiger partial charge in [0.1, 0.15) is 59.9 Å². The molecule has 5 aliphatic rings. The topological polar surface area (TPSA) is 561 Å². The highest BCUT2D eigenvalue weighted by molar-refractivity contribution is 7.53. The number of benzene rings is 3. The number of anilines is 1. The van der Waals surface area contributed by atoms with Crippen molar-refractivity contribution < 1.29 is 114 Å². The summed E-state index contributed by atoms with van der Waals surface area (Å²) in [4.78, 5) is 155.